The summed E-state index contributed by atoms with van der Waals surface area (Å²) < 4.78 is 8.66. The predicted octanol–water partition coefficient (Wildman–Crippen LogP) is 2.13. The van der Waals surface area contributed by atoms with Crippen LogP contribution in [0.3, 0.4) is 0 Å². The molecule has 2 atom stereocenters. The number of primary amides is 1. The van der Waals surface area contributed by atoms with Gasteiger partial charge in [-0.1, -0.05) is 22.0 Å². The van der Waals surface area contributed by atoms with Crippen molar-refractivity contribution in [1.29, 1.82) is 0 Å². The molecule has 3 rings (SSSR count). The molecule has 0 saturated carbocycles. The predicted molar refractivity (Wildman–Crippen MR) is 104 cm³/mol. The van der Waals surface area contributed by atoms with Crippen LogP contribution in [0.5, 0.6) is 5.75 Å². The molecule has 27 heavy (non-hydrogen) atoms. The molecule has 2 heterocycles. The quantitative estimate of drug-likeness (QED) is 0.753. The number of hydrogen-bond acceptors (Lipinski definition) is 4. The number of nitrogens with two attached hydrogens (primary N) is 1. The fourth-order valence-corrected chi connectivity index (χ4v) is 3.73. The number of carbonyl (C=O) groups excluding carboxylic acids is 2. The average molecular weight is 435 g/mol. The van der Waals surface area contributed by atoms with E-state index in [1.54, 1.807) is 15.8 Å². The number of aromatic nitrogens is 2. The summed E-state index contributed by atoms with van der Waals surface area (Å²) >= 11 is 3.43. The van der Waals surface area contributed by atoms with Gasteiger partial charge in [-0.2, -0.15) is 5.10 Å². The number of benzene rings is 1. The highest BCUT2D eigenvalue weighted by Gasteiger charge is 2.34. The molecule has 7 nitrogen and oxygen atoms in total. The van der Waals surface area contributed by atoms with E-state index in [-0.39, 0.29) is 36.8 Å². The van der Waals surface area contributed by atoms with Gasteiger partial charge in [0, 0.05) is 42.5 Å². The molecule has 1 aliphatic rings. The molecule has 0 aliphatic carbocycles. The van der Waals surface area contributed by atoms with Crippen LogP contribution in [-0.2, 0) is 16.1 Å². The maximum absolute atomic E-state index is 12.6. The molecule has 1 aliphatic heterocycles. The minimum absolute atomic E-state index is 0.0199. The number of rotatable bonds is 6. The van der Waals surface area contributed by atoms with Crippen molar-refractivity contribution in [2.45, 2.75) is 32.4 Å². The zero-order valence-electron chi connectivity index (χ0n) is 15.2. The summed E-state index contributed by atoms with van der Waals surface area (Å²) in [6.45, 7) is 3.14. The monoisotopic (exact) mass is 434 g/mol. The Morgan fingerprint density at radius 2 is 2.22 bits per heavy atom. The summed E-state index contributed by atoms with van der Waals surface area (Å²) in [6, 6.07) is 7.59. The number of nitrogens with zero attached hydrogens (tertiary/aromatic N) is 3. The Bertz CT molecular complexity index is 823. The van der Waals surface area contributed by atoms with E-state index < -0.39 is 0 Å². The van der Waals surface area contributed by atoms with Crippen molar-refractivity contribution < 1.29 is 14.3 Å². The number of carbonyl (C=O) groups is 2. The Labute approximate surface area is 166 Å². The zero-order valence-corrected chi connectivity index (χ0v) is 16.8. The van der Waals surface area contributed by atoms with Crippen LogP contribution in [0.25, 0.3) is 0 Å². The van der Waals surface area contributed by atoms with Crippen LogP contribution in [0.4, 0.5) is 0 Å². The van der Waals surface area contributed by atoms with Gasteiger partial charge in [0.05, 0.1) is 6.20 Å². The van der Waals surface area contributed by atoms with Crippen molar-refractivity contribution in [2.24, 2.45) is 11.7 Å². The van der Waals surface area contributed by atoms with Crippen molar-refractivity contribution >= 4 is 27.7 Å². The van der Waals surface area contributed by atoms with Gasteiger partial charge >= 0.3 is 0 Å². The van der Waals surface area contributed by atoms with Gasteiger partial charge in [-0.05, 0) is 30.7 Å². The molecule has 0 radical (unpaired) electrons. The van der Waals surface area contributed by atoms with Crippen molar-refractivity contribution in [2.75, 3.05) is 13.1 Å². The van der Waals surface area contributed by atoms with Crippen LogP contribution in [-0.4, -0.2) is 45.7 Å². The zero-order chi connectivity index (χ0) is 19.4. The molecule has 1 fully saturated rings. The first kappa shape index (κ1) is 19.4. The van der Waals surface area contributed by atoms with Crippen LogP contribution in [0.2, 0.25) is 0 Å². The van der Waals surface area contributed by atoms with Gasteiger partial charge in [0.1, 0.15) is 18.4 Å². The number of hydrogen-bond donors (Lipinski definition) is 1. The SMILES string of the molecule is Cc1cnn(CC(=O)N2CC[C@H](Oc3cccc(Br)c3)[C@@H](CC(N)=O)C2)c1. The Kier molecular flexibility index (Phi) is 6.15. The first-order chi connectivity index (χ1) is 12.9. The van der Waals surface area contributed by atoms with Gasteiger partial charge < -0.3 is 15.4 Å². The normalized spacial score (nSPS) is 19.7. The van der Waals surface area contributed by atoms with E-state index >= 15 is 0 Å². The Hall–Kier alpha value is -2.35. The highest BCUT2D eigenvalue weighted by molar-refractivity contribution is 9.10. The van der Waals surface area contributed by atoms with Crippen LogP contribution in [0.15, 0.2) is 41.1 Å². The van der Waals surface area contributed by atoms with Gasteiger partial charge in [0.2, 0.25) is 11.8 Å². The van der Waals surface area contributed by atoms with Gasteiger partial charge in [0.25, 0.3) is 0 Å². The summed E-state index contributed by atoms with van der Waals surface area (Å²) in [4.78, 5) is 25.9. The van der Waals surface area contributed by atoms with E-state index in [0.29, 0.717) is 19.5 Å². The maximum atomic E-state index is 12.6. The lowest BCUT2D eigenvalue weighted by Crippen LogP contribution is -2.49. The third kappa shape index (κ3) is 5.32. The number of piperidine rings is 1. The standard InChI is InChI=1S/C19H23BrN4O3/c1-13-9-22-24(10-13)12-19(26)23-6-5-17(14(11-23)7-18(21)25)27-16-4-2-3-15(20)8-16/h2-4,8-10,14,17H,5-7,11-12H2,1H3,(H2,21,25)/t14-,17-/m0/s1. The van der Waals surface area contributed by atoms with E-state index in [1.165, 1.54) is 0 Å². The number of halogens is 1. The summed E-state index contributed by atoms with van der Waals surface area (Å²) in [5, 5.41) is 4.16. The molecule has 1 saturated heterocycles. The van der Waals surface area contributed by atoms with Gasteiger partial charge in [-0.3, -0.25) is 14.3 Å². The highest BCUT2D eigenvalue weighted by Crippen LogP contribution is 2.27. The van der Waals surface area contributed by atoms with Crippen LogP contribution >= 0.6 is 15.9 Å². The molecular formula is C19H23BrN4O3. The number of likely N-dealkylation sites (tertiary alicyclic amines) is 1. The van der Waals surface area contributed by atoms with Gasteiger partial charge in [-0.15, -0.1) is 0 Å². The second-order valence-electron chi connectivity index (χ2n) is 6.89. The fourth-order valence-electron chi connectivity index (χ4n) is 3.35. The first-order valence-corrected chi connectivity index (χ1v) is 9.67. The Morgan fingerprint density at radius 3 is 2.89 bits per heavy atom. The Balaban J connectivity index is 1.66. The summed E-state index contributed by atoms with van der Waals surface area (Å²) in [5.74, 6) is 0.183. The van der Waals surface area contributed by atoms with Crippen LogP contribution in [0.1, 0.15) is 18.4 Å². The third-order valence-electron chi connectivity index (χ3n) is 4.62. The van der Waals surface area contributed by atoms with E-state index in [9.17, 15) is 9.59 Å². The summed E-state index contributed by atoms with van der Waals surface area (Å²) in [6.07, 6.45) is 4.23. The third-order valence-corrected chi connectivity index (χ3v) is 5.12. The number of amides is 2. The summed E-state index contributed by atoms with van der Waals surface area (Å²) in [5.41, 5.74) is 6.44. The molecule has 2 amide bonds. The van der Waals surface area contributed by atoms with Gasteiger partial charge in [-0.25, -0.2) is 0 Å². The molecule has 1 aromatic heterocycles. The van der Waals surface area contributed by atoms with E-state index in [1.807, 2.05) is 37.4 Å². The van der Waals surface area contributed by atoms with Crippen LogP contribution in [0, 0.1) is 12.8 Å². The van der Waals surface area contributed by atoms with E-state index in [0.717, 1.165) is 15.8 Å². The maximum Gasteiger partial charge on any atom is 0.244 e. The highest BCUT2D eigenvalue weighted by atomic mass is 79.9. The summed E-state index contributed by atoms with van der Waals surface area (Å²) in [7, 11) is 0. The average Bonchev–Trinajstić information content (AvgIpc) is 3.01. The lowest BCUT2D eigenvalue weighted by Gasteiger charge is -2.38. The fraction of sp³-hybridized carbons (Fsp3) is 0.421. The smallest absolute Gasteiger partial charge is 0.244 e. The minimum atomic E-state index is -0.389. The molecule has 144 valence electrons. The Morgan fingerprint density at radius 1 is 1.41 bits per heavy atom. The van der Waals surface area contributed by atoms with Crippen molar-refractivity contribution in [1.82, 2.24) is 14.7 Å². The van der Waals surface area contributed by atoms with Crippen LogP contribution < -0.4 is 10.5 Å². The molecule has 8 heteroatoms. The molecule has 1 aromatic carbocycles. The largest absolute Gasteiger partial charge is 0.490 e. The topological polar surface area (TPSA) is 90.4 Å². The molecule has 0 spiro atoms. The lowest BCUT2D eigenvalue weighted by atomic mass is 9.91. The minimum Gasteiger partial charge on any atom is -0.490 e. The number of ether oxygens (including phenoxy) is 1. The van der Waals surface area contributed by atoms with Crippen molar-refractivity contribution in [3.05, 3.63) is 46.7 Å². The molecular weight excluding hydrogens is 412 g/mol. The first-order valence-electron chi connectivity index (χ1n) is 8.88. The second-order valence-corrected chi connectivity index (χ2v) is 7.80. The second kappa shape index (κ2) is 8.56. The molecule has 2 N–H and O–H groups in total. The molecule has 2 aromatic rings. The van der Waals surface area contributed by atoms with Gasteiger partial charge in [0.15, 0.2) is 0 Å². The molecule has 0 bridgehead atoms. The van der Waals surface area contributed by atoms with E-state index in [4.69, 9.17) is 10.5 Å². The van der Waals surface area contributed by atoms with Crippen molar-refractivity contribution in [3.8, 4) is 5.75 Å². The van der Waals surface area contributed by atoms with Crippen molar-refractivity contribution in [3.63, 3.8) is 0 Å². The van der Waals surface area contributed by atoms with E-state index in [2.05, 4.69) is 21.0 Å². The molecule has 0 unspecified atom stereocenters. The lowest BCUT2D eigenvalue weighted by molar-refractivity contribution is -0.136. The number of aryl methyl sites for hydroxylation is 1.